The SMILES string of the molecule is O=C(CN1C(=O)S/C(=C/c2c(OCc3ccccc3Cl)ccc3ccccc23)C1=O)N1CCOCC1. The van der Waals surface area contributed by atoms with Crippen molar-refractivity contribution in [3.8, 4) is 5.75 Å². The summed E-state index contributed by atoms with van der Waals surface area (Å²) in [6, 6.07) is 19.0. The summed E-state index contributed by atoms with van der Waals surface area (Å²) in [5.41, 5.74) is 1.52. The van der Waals surface area contributed by atoms with Gasteiger partial charge in [0.2, 0.25) is 5.91 Å². The summed E-state index contributed by atoms with van der Waals surface area (Å²) in [5, 5.41) is 1.98. The van der Waals surface area contributed by atoms with E-state index in [1.54, 1.807) is 17.0 Å². The number of ether oxygens (including phenoxy) is 2. The van der Waals surface area contributed by atoms with Crippen LogP contribution in [0.3, 0.4) is 0 Å². The van der Waals surface area contributed by atoms with E-state index in [0.29, 0.717) is 42.6 Å². The zero-order chi connectivity index (χ0) is 25.1. The highest BCUT2D eigenvalue weighted by Crippen LogP contribution is 2.37. The molecule has 36 heavy (non-hydrogen) atoms. The number of nitrogens with zero attached hydrogens (tertiary/aromatic N) is 2. The Labute approximate surface area is 217 Å². The maximum atomic E-state index is 13.2. The molecule has 0 N–H and O–H groups in total. The Morgan fingerprint density at radius 3 is 2.58 bits per heavy atom. The van der Waals surface area contributed by atoms with Crippen LogP contribution in [0.25, 0.3) is 16.8 Å². The van der Waals surface area contributed by atoms with Crippen molar-refractivity contribution in [1.82, 2.24) is 9.80 Å². The first-order chi connectivity index (χ1) is 17.5. The van der Waals surface area contributed by atoms with Crippen LogP contribution >= 0.6 is 23.4 Å². The van der Waals surface area contributed by atoms with Gasteiger partial charge in [0.25, 0.3) is 11.1 Å². The lowest BCUT2D eigenvalue weighted by molar-refractivity contribution is -0.139. The van der Waals surface area contributed by atoms with Gasteiger partial charge in [-0.05, 0) is 40.7 Å². The van der Waals surface area contributed by atoms with Gasteiger partial charge in [-0.25, -0.2) is 0 Å². The van der Waals surface area contributed by atoms with E-state index in [2.05, 4.69) is 0 Å². The van der Waals surface area contributed by atoms with Crippen LogP contribution in [0.2, 0.25) is 5.02 Å². The molecule has 2 aliphatic rings. The van der Waals surface area contributed by atoms with Crippen LogP contribution in [-0.4, -0.2) is 59.7 Å². The van der Waals surface area contributed by atoms with Gasteiger partial charge < -0.3 is 14.4 Å². The molecule has 0 unspecified atom stereocenters. The highest BCUT2D eigenvalue weighted by molar-refractivity contribution is 8.18. The molecule has 2 fully saturated rings. The average Bonchev–Trinajstić information content (AvgIpc) is 3.16. The summed E-state index contributed by atoms with van der Waals surface area (Å²) in [4.78, 5) is 41.4. The van der Waals surface area contributed by atoms with Gasteiger partial charge in [-0.1, -0.05) is 60.1 Å². The van der Waals surface area contributed by atoms with Gasteiger partial charge in [0, 0.05) is 29.2 Å². The Bertz CT molecular complexity index is 1370. The number of rotatable bonds is 6. The molecule has 0 aromatic heterocycles. The minimum atomic E-state index is -0.489. The number of carbonyl (C=O) groups is 3. The van der Waals surface area contributed by atoms with Crippen molar-refractivity contribution in [3.63, 3.8) is 0 Å². The molecule has 3 aromatic carbocycles. The fourth-order valence-corrected chi connectivity index (χ4v) is 5.15. The Morgan fingerprint density at radius 1 is 1.03 bits per heavy atom. The van der Waals surface area contributed by atoms with Gasteiger partial charge in [-0.2, -0.15) is 0 Å². The van der Waals surface area contributed by atoms with E-state index in [4.69, 9.17) is 21.1 Å². The van der Waals surface area contributed by atoms with Gasteiger partial charge >= 0.3 is 0 Å². The maximum absolute atomic E-state index is 13.2. The smallest absolute Gasteiger partial charge is 0.294 e. The van der Waals surface area contributed by atoms with Crippen molar-refractivity contribution >= 4 is 57.3 Å². The zero-order valence-corrected chi connectivity index (χ0v) is 20.9. The largest absolute Gasteiger partial charge is 0.488 e. The number of carbonyl (C=O) groups excluding carboxylic acids is 3. The Hall–Kier alpha value is -3.33. The molecule has 0 bridgehead atoms. The first-order valence-corrected chi connectivity index (χ1v) is 12.7. The van der Waals surface area contributed by atoms with Crippen molar-refractivity contribution in [2.75, 3.05) is 32.8 Å². The van der Waals surface area contributed by atoms with Crippen molar-refractivity contribution in [2.24, 2.45) is 0 Å². The van der Waals surface area contributed by atoms with E-state index in [1.165, 1.54) is 0 Å². The van der Waals surface area contributed by atoms with Crippen LogP contribution in [0.4, 0.5) is 4.79 Å². The Morgan fingerprint density at radius 2 is 1.78 bits per heavy atom. The second-order valence-corrected chi connectivity index (χ2v) is 9.74. The van der Waals surface area contributed by atoms with E-state index in [-0.39, 0.29) is 24.0 Å². The van der Waals surface area contributed by atoms with Gasteiger partial charge in [0.05, 0.1) is 18.1 Å². The monoisotopic (exact) mass is 522 g/mol. The van der Waals surface area contributed by atoms with Crippen LogP contribution < -0.4 is 4.74 Å². The molecule has 2 aliphatic heterocycles. The van der Waals surface area contributed by atoms with Crippen molar-refractivity contribution in [1.29, 1.82) is 0 Å². The lowest BCUT2D eigenvalue weighted by Crippen LogP contribution is -2.46. The average molecular weight is 523 g/mol. The molecule has 0 radical (unpaired) electrons. The van der Waals surface area contributed by atoms with Crippen LogP contribution in [-0.2, 0) is 20.9 Å². The maximum Gasteiger partial charge on any atom is 0.294 e. The highest BCUT2D eigenvalue weighted by Gasteiger charge is 2.37. The molecule has 3 aromatic rings. The summed E-state index contributed by atoms with van der Waals surface area (Å²) in [5.74, 6) is -0.197. The number of halogens is 1. The van der Waals surface area contributed by atoms with Crippen LogP contribution in [0.5, 0.6) is 5.75 Å². The lowest BCUT2D eigenvalue weighted by Gasteiger charge is -2.28. The quantitative estimate of drug-likeness (QED) is 0.426. The van der Waals surface area contributed by atoms with Gasteiger partial charge in [-0.3, -0.25) is 19.3 Å². The second-order valence-electron chi connectivity index (χ2n) is 8.34. The number of fused-ring (bicyclic) bond motifs is 1. The van der Waals surface area contributed by atoms with Crippen LogP contribution in [0.15, 0.2) is 65.6 Å². The molecule has 0 aliphatic carbocycles. The third kappa shape index (κ3) is 5.11. The molecule has 0 atom stereocenters. The zero-order valence-electron chi connectivity index (χ0n) is 19.3. The molecule has 2 heterocycles. The number of amides is 3. The normalized spacial score (nSPS) is 17.3. The fraction of sp³-hybridized carbons (Fsp3) is 0.222. The molecule has 7 nitrogen and oxygen atoms in total. The molecule has 0 saturated carbocycles. The number of hydrogen-bond acceptors (Lipinski definition) is 6. The van der Waals surface area contributed by atoms with Crippen molar-refractivity contribution < 1.29 is 23.9 Å². The number of imide groups is 1. The minimum Gasteiger partial charge on any atom is -0.488 e. The summed E-state index contributed by atoms with van der Waals surface area (Å²) < 4.78 is 11.4. The number of hydrogen-bond donors (Lipinski definition) is 0. The lowest BCUT2D eigenvalue weighted by atomic mass is 10.0. The Balaban J connectivity index is 1.43. The third-order valence-electron chi connectivity index (χ3n) is 6.08. The standard InChI is InChI=1S/C27H23ClN2O5S/c28-22-8-4-2-6-19(22)17-35-23-10-9-18-5-1-3-7-20(18)21(23)15-24-26(32)30(27(33)36-24)16-25(31)29-11-13-34-14-12-29/h1-10,15H,11-14,16-17H2/b24-15+. The predicted octanol–water partition coefficient (Wildman–Crippen LogP) is 4.97. The minimum absolute atomic E-state index is 0.244. The van der Waals surface area contributed by atoms with Crippen LogP contribution in [0, 0.1) is 0 Å². The highest BCUT2D eigenvalue weighted by atomic mass is 35.5. The van der Waals surface area contributed by atoms with E-state index in [1.807, 2.05) is 54.6 Å². The van der Waals surface area contributed by atoms with E-state index in [9.17, 15) is 14.4 Å². The van der Waals surface area contributed by atoms with Gasteiger partial charge in [0.1, 0.15) is 18.9 Å². The second kappa shape index (κ2) is 10.7. The van der Waals surface area contributed by atoms with E-state index in [0.717, 1.165) is 33.0 Å². The topological polar surface area (TPSA) is 76.2 Å². The van der Waals surface area contributed by atoms with E-state index >= 15 is 0 Å². The molecule has 184 valence electrons. The molecule has 5 rings (SSSR count). The molecule has 2 saturated heterocycles. The first kappa shape index (κ1) is 24.4. The predicted molar refractivity (Wildman–Crippen MR) is 140 cm³/mol. The first-order valence-electron chi connectivity index (χ1n) is 11.5. The summed E-state index contributed by atoms with van der Waals surface area (Å²) >= 11 is 7.12. The summed E-state index contributed by atoms with van der Waals surface area (Å²) in [6.45, 7) is 1.76. The van der Waals surface area contributed by atoms with Gasteiger partial charge in [-0.15, -0.1) is 0 Å². The molecule has 9 heteroatoms. The number of thioether (sulfide) groups is 1. The molecular weight excluding hydrogens is 500 g/mol. The van der Waals surface area contributed by atoms with Crippen LogP contribution in [0.1, 0.15) is 11.1 Å². The summed E-state index contributed by atoms with van der Waals surface area (Å²) in [6.07, 6.45) is 1.67. The molecule has 3 amide bonds. The molecular formula is C27H23ClN2O5S. The van der Waals surface area contributed by atoms with Crippen molar-refractivity contribution in [3.05, 3.63) is 81.7 Å². The summed E-state index contributed by atoms with van der Waals surface area (Å²) in [7, 11) is 0. The third-order valence-corrected chi connectivity index (χ3v) is 7.35. The fourth-order valence-electron chi connectivity index (χ4n) is 4.14. The number of benzene rings is 3. The molecule has 0 spiro atoms. The van der Waals surface area contributed by atoms with E-state index < -0.39 is 11.1 Å². The number of morpholine rings is 1. The Kier molecular flexibility index (Phi) is 7.27. The van der Waals surface area contributed by atoms with Crippen molar-refractivity contribution in [2.45, 2.75) is 6.61 Å². The van der Waals surface area contributed by atoms with Gasteiger partial charge in [0.15, 0.2) is 0 Å².